The maximum atomic E-state index is 12.9. The molecule has 2 aromatic rings. The van der Waals surface area contributed by atoms with Crippen molar-refractivity contribution in [3.05, 3.63) is 60.2 Å². The number of hydrazine groups is 1. The molecule has 0 unspecified atom stereocenters. The number of amides is 2. The molecule has 150 valence electrons. The van der Waals surface area contributed by atoms with Gasteiger partial charge in [-0.25, -0.2) is 17.2 Å². The number of rotatable bonds is 7. The highest BCUT2D eigenvalue weighted by Gasteiger charge is 2.18. The van der Waals surface area contributed by atoms with Crippen molar-refractivity contribution in [2.24, 2.45) is 0 Å². The molecular formula is C18H18F2N2O5S. The molecule has 0 saturated heterocycles. The van der Waals surface area contributed by atoms with Crippen molar-refractivity contribution in [3.63, 3.8) is 0 Å². The quantitative estimate of drug-likeness (QED) is 0.533. The second kappa shape index (κ2) is 9.27. The predicted octanol–water partition coefficient (Wildman–Crippen LogP) is 1.74. The fraction of sp³-hybridized carbons (Fsp3) is 0.222. The highest BCUT2D eigenvalue weighted by atomic mass is 32.2. The van der Waals surface area contributed by atoms with E-state index < -0.39 is 51.6 Å². The first-order valence-corrected chi connectivity index (χ1v) is 9.82. The van der Waals surface area contributed by atoms with E-state index in [-0.39, 0.29) is 10.6 Å². The van der Waals surface area contributed by atoms with Gasteiger partial charge in [-0.05, 0) is 55.5 Å². The van der Waals surface area contributed by atoms with Crippen LogP contribution in [0.15, 0.2) is 53.4 Å². The van der Waals surface area contributed by atoms with Crippen LogP contribution in [0.25, 0.3) is 0 Å². The summed E-state index contributed by atoms with van der Waals surface area (Å²) in [5.41, 5.74) is 4.20. The number of carbonyl (C=O) groups is 2. The molecule has 0 heterocycles. The molecule has 1 atom stereocenters. The van der Waals surface area contributed by atoms with Crippen LogP contribution in [0.4, 0.5) is 8.78 Å². The fourth-order valence-corrected chi connectivity index (χ4v) is 3.29. The molecule has 0 aliphatic carbocycles. The van der Waals surface area contributed by atoms with E-state index in [1.807, 2.05) is 0 Å². The number of ether oxygens (including phenoxy) is 1. The Morgan fingerprint density at radius 2 is 1.50 bits per heavy atom. The van der Waals surface area contributed by atoms with E-state index >= 15 is 0 Å². The largest absolute Gasteiger partial charge is 0.481 e. The van der Waals surface area contributed by atoms with E-state index in [9.17, 15) is 26.8 Å². The van der Waals surface area contributed by atoms with Gasteiger partial charge in [-0.1, -0.05) is 0 Å². The number of sulfone groups is 1. The Hall–Kier alpha value is -3.01. The Labute approximate surface area is 160 Å². The normalized spacial score (nSPS) is 12.1. The van der Waals surface area contributed by atoms with Crippen molar-refractivity contribution >= 4 is 21.7 Å². The number of nitrogens with one attached hydrogen (secondary N) is 2. The summed E-state index contributed by atoms with van der Waals surface area (Å²) in [6.45, 7) is 1.42. The van der Waals surface area contributed by atoms with Crippen molar-refractivity contribution in [2.45, 2.75) is 24.3 Å². The number of carbonyl (C=O) groups excluding carboxylic acids is 2. The smallest absolute Gasteiger partial charge is 0.279 e. The summed E-state index contributed by atoms with van der Waals surface area (Å²) in [7, 11) is -3.77. The van der Waals surface area contributed by atoms with E-state index in [2.05, 4.69) is 10.9 Å². The molecular weight excluding hydrogens is 394 g/mol. The second-order valence-electron chi connectivity index (χ2n) is 5.77. The van der Waals surface area contributed by atoms with Crippen LogP contribution in [-0.4, -0.2) is 32.1 Å². The van der Waals surface area contributed by atoms with Gasteiger partial charge in [0.2, 0.25) is 5.91 Å². The van der Waals surface area contributed by atoms with Gasteiger partial charge in [0.05, 0.1) is 10.6 Å². The number of hydrogen-bond donors (Lipinski definition) is 2. The number of benzene rings is 2. The summed E-state index contributed by atoms with van der Waals surface area (Å²) in [5, 5.41) is 0. The van der Waals surface area contributed by atoms with E-state index in [1.165, 1.54) is 31.2 Å². The lowest BCUT2D eigenvalue weighted by Gasteiger charge is -2.15. The standard InChI is InChI=1S/C18H18F2N2O5S/c1-12(27-15-6-2-13(19)3-7-15)18(24)22-21-17(23)10-11-28(25,26)16-8-4-14(20)5-9-16/h2-9,12H,10-11H2,1H3,(H,21,23)(H,22,24)/t12-/m0/s1. The zero-order chi connectivity index (χ0) is 20.7. The van der Waals surface area contributed by atoms with Crippen molar-refractivity contribution < 1.29 is 31.5 Å². The zero-order valence-corrected chi connectivity index (χ0v) is 15.6. The van der Waals surface area contributed by atoms with Gasteiger partial charge in [0.1, 0.15) is 17.4 Å². The monoisotopic (exact) mass is 412 g/mol. The van der Waals surface area contributed by atoms with E-state index in [4.69, 9.17) is 4.74 Å². The summed E-state index contributed by atoms with van der Waals surface area (Å²) >= 11 is 0. The molecule has 2 aromatic carbocycles. The van der Waals surface area contributed by atoms with Gasteiger partial charge in [0.15, 0.2) is 15.9 Å². The molecule has 0 saturated carbocycles. The van der Waals surface area contributed by atoms with Crippen LogP contribution in [0.2, 0.25) is 0 Å². The Balaban J connectivity index is 1.78. The van der Waals surface area contributed by atoms with Gasteiger partial charge in [-0.2, -0.15) is 0 Å². The Morgan fingerprint density at radius 1 is 0.964 bits per heavy atom. The minimum Gasteiger partial charge on any atom is -0.481 e. The molecule has 0 radical (unpaired) electrons. The molecule has 10 heteroatoms. The average Bonchev–Trinajstić information content (AvgIpc) is 2.66. The van der Waals surface area contributed by atoms with Gasteiger partial charge in [-0.15, -0.1) is 0 Å². The highest BCUT2D eigenvalue weighted by molar-refractivity contribution is 7.91. The summed E-state index contributed by atoms with van der Waals surface area (Å²) in [4.78, 5) is 23.6. The third-order valence-electron chi connectivity index (χ3n) is 3.59. The minimum atomic E-state index is -3.77. The Kier molecular flexibility index (Phi) is 7.05. The first kappa shape index (κ1) is 21.3. The molecule has 7 nitrogen and oxygen atoms in total. The number of hydrogen-bond acceptors (Lipinski definition) is 5. The van der Waals surface area contributed by atoms with Crippen LogP contribution in [0.1, 0.15) is 13.3 Å². The first-order chi connectivity index (χ1) is 13.2. The SMILES string of the molecule is C[C@H](Oc1ccc(F)cc1)C(=O)NNC(=O)CCS(=O)(=O)c1ccc(F)cc1. The molecule has 0 aliphatic heterocycles. The maximum absolute atomic E-state index is 12.9. The molecule has 0 bridgehead atoms. The van der Waals surface area contributed by atoms with Gasteiger partial charge >= 0.3 is 0 Å². The molecule has 0 spiro atoms. The van der Waals surface area contributed by atoms with Crippen LogP contribution in [0.5, 0.6) is 5.75 Å². The second-order valence-corrected chi connectivity index (χ2v) is 7.88. The summed E-state index contributed by atoms with van der Waals surface area (Å²) in [6, 6.07) is 9.27. The van der Waals surface area contributed by atoms with Gasteiger partial charge in [0, 0.05) is 6.42 Å². The van der Waals surface area contributed by atoms with Crippen LogP contribution >= 0.6 is 0 Å². The van der Waals surface area contributed by atoms with Crippen molar-refractivity contribution in [2.75, 3.05) is 5.75 Å². The summed E-state index contributed by atoms with van der Waals surface area (Å²) in [6.07, 6.45) is -1.40. The lowest BCUT2D eigenvalue weighted by Crippen LogP contribution is -2.47. The molecule has 2 amide bonds. The van der Waals surface area contributed by atoms with E-state index in [0.717, 1.165) is 24.3 Å². The maximum Gasteiger partial charge on any atom is 0.279 e. The Morgan fingerprint density at radius 3 is 2.07 bits per heavy atom. The van der Waals surface area contributed by atoms with Crippen molar-refractivity contribution in [1.29, 1.82) is 0 Å². The van der Waals surface area contributed by atoms with Crippen LogP contribution in [-0.2, 0) is 19.4 Å². The van der Waals surface area contributed by atoms with Crippen LogP contribution < -0.4 is 15.6 Å². The highest BCUT2D eigenvalue weighted by Crippen LogP contribution is 2.14. The van der Waals surface area contributed by atoms with E-state index in [1.54, 1.807) is 0 Å². The lowest BCUT2D eigenvalue weighted by atomic mass is 10.3. The van der Waals surface area contributed by atoms with E-state index in [0.29, 0.717) is 0 Å². The lowest BCUT2D eigenvalue weighted by molar-refractivity contribution is -0.132. The molecule has 0 fully saturated rings. The number of halogens is 2. The van der Waals surface area contributed by atoms with Gasteiger partial charge in [0.25, 0.3) is 5.91 Å². The molecule has 2 N–H and O–H groups in total. The van der Waals surface area contributed by atoms with Crippen molar-refractivity contribution in [1.82, 2.24) is 10.9 Å². The molecule has 0 aromatic heterocycles. The van der Waals surface area contributed by atoms with Crippen molar-refractivity contribution in [3.8, 4) is 5.75 Å². The average molecular weight is 412 g/mol. The Bertz CT molecular complexity index is 931. The fourth-order valence-electron chi connectivity index (χ4n) is 2.05. The molecule has 0 aliphatic rings. The van der Waals surface area contributed by atoms with Gasteiger partial charge in [-0.3, -0.25) is 20.4 Å². The minimum absolute atomic E-state index is 0.105. The van der Waals surface area contributed by atoms with Gasteiger partial charge < -0.3 is 4.74 Å². The zero-order valence-electron chi connectivity index (χ0n) is 14.8. The predicted molar refractivity (Wildman–Crippen MR) is 95.8 cm³/mol. The molecule has 28 heavy (non-hydrogen) atoms. The third-order valence-corrected chi connectivity index (χ3v) is 5.32. The first-order valence-electron chi connectivity index (χ1n) is 8.16. The third kappa shape index (κ3) is 6.31. The topological polar surface area (TPSA) is 102 Å². The molecule has 2 rings (SSSR count). The summed E-state index contributed by atoms with van der Waals surface area (Å²) < 4.78 is 55.2. The summed E-state index contributed by atoms with van der Waals surface area (Å²) in [5.74, 6) is -2.68. The van der Waals surface area contributed by atoms with Crippen LogP contribution in [0, 0.1) is 11.6 Å². The van der Waals surface area contributed by atoms with Crippen LogP contribution in [0.3, 0.4) is 0 Å².